The number of nitrogens with one attached hydrogen (secondary N) is 2. The molecule has 158 valence electrons. The van der Waals surface area contributed by atoms with E-state index in [1.807, 2.05) is 6.07 Å². The van der Waals surface area contributed by atoms with Crippen molar-refractivity contribution in [2.24, 2.45) is 11.8 Å². The molecule has 3 aromatic rings. The number of halogens is 2. The summed E-state index contributed by atoms with van der Waals surface area (Å²) in [4.78, 5) is 17.9. The summed E-state index contributed by atoms with van der Waals surface area (Å²) in [5.41, 5.74) is 1.57. The fourth-order valence-electron chi connectivity index (χ4n) is 4.65. The quantitative estimate of drug-likeness (QED) is 0.570. The maximum atomic E-state index is 13.3. The lowest BCUT2D eigenvalue weighted by Crippen LogP contribution is -2.49. The number of hydrogen-bond acceptors (Lipinski definition) is 5. The van der Waals surface area contributed by atoms with E-state index in [1.54, 1.807) is 36.6 Å². The van der Waals surface area contributed by atoms with E-state index in [0.717, 1.165) is 19.5 Å². The summed E-state index contributed by atoms with van der Waals surface area (Å²) in [6, 6.07) is 10.4. The van der Waals surface area contributed by atoms with E-state index >= 15 is 0 Å². The summed E-state index contributed by atoms with van der Waals surface area (Å²) in [6.45, 7) is 1.89. The number of carbonyl (C=O) groups excluding carboxylic acids is 1. The van der Waals surface area contributed by atoms with Crippen molar-refractivity contribution in [3.05, 3.63) is 53.2 Å². The molecule has 4 atom stereocenters. The summed E-state index contributed by atoms with van der Waals surface area (Å²) in [5, 5.41) is 18.2. The van der Waals surface area contributed by atoms with Crippen LogP contribution in [0.3, 0.4) is 0 Å². The first kappa shape index (κ1) is 21.1. The van der Waals surface area contributed by atoms with Gasteiger partial charge in [-0.1, -0.05) is 23.7 Å². The lowest BCUT2D eigenvalue weighted by atomic mass is 9.77. The SMILES string of the molecule is Cl.O=C(N[C@H]1C[C@H]2CNC[C@H]2C[C@@H]1O)c1cc(-c2ccco2)nc2c(Cl)cccc12. The smallest absolute Gasteiger partial charge is 0.252 e. The van der Waals surface area contributed by atoms with Crippen LogP contribution in [-0.4, -0.2) is 41.2 Å². The van der Waals surface area contributed by atoms with Crippen molar-refractivity contribution in [1.29, 1.82) is 0 Å². The van der Waals surface area contributed by atoms with Crippen LogP contribution in [0, 0.1) is 11.8 Å². The van der Waals surface area contributed by atoms with E-state index in [1.165, 1.54) is 0 Å². The first-order chi connectivity index (χ1) is 14.1. The number of hydrogen-bond donors (Lipinski definition) is 3. The van der Waals surface area contributed by atoms with Gasteiger partial charge in [-0.25, -0.2) is 4.98 Å². The molecular weight excluding hydrogens is 425 g/mol. The van der Waals surface area contributed by atoms with Gasteiger partial charge in [-0.05, 0) is 62.0 Å². The van der Waals surface area contributed by atoms with Gasteiger partial charge in [-0.3, -0.25) is 4.79 Å². The molecule has 0 unspecified atom stereocenters. The molecule has 3 N–H and O–H groups in total. The Morgan fingerprint density at radius 3 is 2.77 bits per heavy atom. The normalized spacial score (nSPS) is 25.5. The maximum absolute atomic E-state index is 13.3. The number of nitrogens with zero attached hydrogens (tertiary/aromatic N) is 1. The zero-order valence-electron chi connectivity index (χ0n) is 16.2. The summed E-state index contributed by atoms with van der Waals surface area (Å²) >= 11 is 6.37. The van der Waals surface area contributed by atoms with Crippen LogP contribution in [0.4, 0.5) is 0 Å². The standard InChI is InChI=1S/C22H22ClN3O3.ClH/c23-16-4-1-3-14-15(9-18(25-21(14)16)20-5-2-6-29-20)22(28)26-17-7-12-10-24-11-13(12)8-19(17)27;/h1-6,9,12-13,17,19,24,27H,7-8,10-11H2,(H,26,28);1H/t12-,13+,17-,19-;/m0./s1. The van der Waals surface area contributed by atoms with Crippen molar-refractivity contribution < 1.29 is 14.3 Å². The third-order valence-corrected chi connectivity index (χ3v) is 6.48. The van der Waals surface area contributed by atoms with Crippen LogP contribution < -0.4 is 10.6 Å². The van der Waals surface area contributed by atoms with Crippen LogP contribution in [-0.2, 0) is 0 Å². The Morgan fingerprint density at radius 2 is 2.00 bits per heavy atom. The number of amides is 1. The van der Waals surface area contributed by atoms with Gasteiger partial charge in [-0.2, -0.15) is 0 Å². The van der Waals surface area contributed by atoms with Crippen molar-refractivity contribution in [1.82, 2.24) is 15.6 Å². The van der Waals surface area contributed by atoms with E-state index in [-0.39, 0.29) is 24.4 Å². The highest BCUT2D eigenvalue weighted by Crippen LogP contribution is 2.34. The van der Waals surface area contributed by atoms with Gasteiger partial charge in [0.2, 0.25) is 0 Å². The molecule has 1 aliphatic carbocycles. The van der Waals surface area contributed by atoms with Crippen LogP contribution in [0.2, 0.25) is 5.02 Å². The van der Waals surface area contributed by atoms with Crippen molar-refractivity contribution >= 4 is 40.8 Å². The number of aliphatic hydroxyl groups is 1. The molecule has 6 nitrogen and oxygen atoms in total. The molecule has 0 spiro atoms. The van der Waals surface area contributed by atoms with Gasteiger partial charge in [0.15, 0.2) is 5.76 Å². The number of para-hydroxylation sites is 1. The van der Waals surface area contributed by atoms with Gasteiger partial charge in [0.1, 0.15) is 5.69 Å². The largest absolute Gasteiger partial charge is 0.463 e. The van der Waals surface area contributed by atoms with Crippen molar-refractivity contribution in [2.45, 2.75) is 25.0 Å². The zero-order valence-corrected chi connectivity index (χ0v) is 17.7. The molecule has 1 saturated carbocycles. The first-order valence-corrected chi connectivity index (χ1v) is 10.3. The Morgan fingerprint density at radius 1 is 1.20 bits per heavy atom. The summed E-state index contributed by atoms with van der Waals surface area (Å²) in [7, 11) is 0. The number of aliphatic hydroxyl groups excluding tert-OH is 1. The topological polar surface area (TPSA) is 87.4 Å². The monoisotopic (exact) mass is 447 g/mol. The van der Waals surface area contributed by atoms with Crippen LogP contribution in [0.15, 0.2) is 47.1 Å². The molecule has 1 amide bonds. The van der Waals surface area contributed by atoms with E-state index in [9.17, 15) is 9.90 Å². The van der Waals surface area contributed by atoms with Gasteiger partial charge < -0.3 is 20.2 Å². The number of aromatic nitrogens is 1. The van der Waals surface area contributed by atoms with E-state index in [4.69, 9.17) is 16.0 Å². The summed E-state index contributed by atoms with van der Waals surface area (Å²) in [5.74, 6) is 1.31. The minimum absolute atomic E-state index is 0. The second-order valence-electron chi connectivity index (χ2n) is 7.97. The van der Waals surface area contributed by atoms with Gasteiger partial charge in [0, 0.05) is 5.39 Å². The van der Waals surface area contributed by atoms with Crippen LogP contribution >= 0.6 is 24.0 Å². The lowest BCUT2D eigenvalue weighted by Gasteiger charge is -2.35. The third kappa shape index (κ3) is 3.81. The van der Waals surface area contributed by atoms with E-state index in [0.29, 0.717) is 51.2 Å². The fraction of sp³-hybridized carbons (Fsp3) is 0.364. The zero-order chi connectivity index (χ0) is 20.0. The molecule has 8 heteroatoms. The molecule has 3 heterocycles. The van der Waals surface area contributed by atoms with Gasteiger partial charge in [0.05, 0.1) is 34.5 Å². The molecule has 0 radical (unpaired) electrons. The third-order valence-electron chi connectivity index (χ3n) is 6.17. The number of carbonyl (C=O) groups is 1. The molecule has 2 aromatic heterocycles. The average Bonchev–Trinajstić information content (AvgIpc) is 3.40. The predicted octanol–water partition coefficient (Wildman–Crippen LogP) is 3.66. The number of benzene rings is 1. The summed E-state index contributed by atoms with van der Waals surface area (Å²) < 4.78 is 5.47. The highest BCUT2D eigenvalue weighted by Gasteiger charge is 2.39. The van der Waals surface area contributed by atoms with Crippen molar-refractivity contribution in [2.75, 3.05) is 13.1 Å². The Bertz CT molecular complexity index is 1060. The number of furan rings is 1. The average molecular weight is 448 g/mol. The van der Waals surface area contributed by atoms with Crippen molar-refractivity contribution in [3.63, 3.8) is 0 Å². The molecule has 2 aliphatic rings. The first-order valence-electron chi connectivity index (χ1n) is 9.93. The van der Waals surface area contributed by atoms with Crippen LogP contribution in [0.25, 0.3) is 22.4 Å². The fourth-order valence-corrected chi connectivity index (χ4v) is 4.87. The minimum Gasteiger partial charge on any atom is -0.463 e. The van der Waals surface area contributed by atoms with Crippen LogP contribution in [0.1, 0.15) is 23.2 Å². The predicted molar refractivity (Wildman–Crippen MR) is 118 cm³/mol. The second-order valence-corrected chi connectivity index (χ2v) is 8.37. The van der Waals surface area contributed by atoms with Gasteiger partial charge in [-0.15, -0.1) is 12.4 Å². The Balaban J connectivity index is 0.00000218. The van der Waals surface area contributed by atoms with E-state index in [2.05, 4.69) is 15.6 Å². The molecule has 1 aromatic carbocycles. The number of rotatable bonds is 3. The van der Waals surface area contributed by atoms with Gasteiger partial charge in [0.25, 0.3) is 5.91 Å². The molecule has 1 aliphatic heterocycles. The molecule has 5 rings (SSSR count). The molecular formula is C22H23Cl2N3O3. The maximum Gasteiger partial charge on any atom is 0.252 e. The van der Waals surface area contributed by atoms with Gasteiger partial charge >= 0.3 is 0 Å². The molecule has 1 saturated heterocycles. The highest BCUT2D eigenvalue weighted by molar-refractivity contribution is 6.35. The Hall–Kier alpha value is -2.12. The number of fused-ring (bicyclic) bond motifs is 2. The summed E-state index contributed by atoms with van der Waals surface area (Å²) in [6.07, 6.45) is 2.52. The molecule has 30 heavy (non-hydrogen) atoms. The highest BCUT2D eigenvalue weighted by atomic mass is 35.5. The number of pyridine rings is 1. The molecule has 2 fully saturated rings. The second kappa shape index (κ2) is 8.55. The van der Waals surface area contributed by atoms with Crippen molar-refractivity contribution in [3.8, 4) is 11.5 Å². The van der Waals surface area contributed by atoms with E-state index < -0.39 is 6.10 Å². The Kier molecular flexibility index (Phi) is 6.02. The molecule has 0 bridgehead atoms. The minimum atomic E-state index is -0.540. The lowest BCUT2D eigenvalue weighted by molar-refractivity contribution is 0.0462. The Labute approximate surface area is 185 Å². The van der Waals surface area contributed by atoms with Crippen LogP contribution in [0.5, 0.6) is 0 Å².